The Balaban J connectivity index is 1.75. The number of fused-ring (bicyclic) bond motifs is 1. The van der Waals surface area contributed by atoms with Crippen molar-refractivity contribution in [2.45, 2.75) is 57.4 Å². The van der Waals surface area contributed by atoms with E-state index in [0.29, 0.717) is 6.42 Å². The minimum Gasteiger partial charge on any atom is -0.356 e. The van der Waals surface area contributed by atoms with Gasteiger partial charge in [0.25, 0.3) is 0 Å². The van der Waals surface area contributed by atoms with E-state index in [4.69, 9.17) is 0 Å². The number of pyridine rings is 1. The fraction of sp³-hybridized carbons (Fsp3) is 0.632. The molecule has 2 atom stereocenters. The average Bonchev–Trinajstić information content (AvgIpc) is 3.06. The lowest BCUT2D eigenvalue weighted by molar-refractivity contribution is -0.136. The Morgan fingerprint density at radius 2 is 2.08 bits per heavy atom. The lowest BCUT2D eigenvalue weighted by atomic mass is 9.99. The Morgan fingerprint density at radius 3 is 2.92 bits per heavy atom. The van der Waals surface area contributed by atoms with Gasteiger partial charge in [-0.3, -0.25) is 14.6 Å². The van der Waals surface area contributed by atoms with Crippen molar-refractivity contribution in [1.82, 2.24) is 15.2 Å². The lowest BCUT2D eigenvalue weighted by Gasteiger charge is -2.32. The number of aromatic nitrogens is 1. The summed E-state index contributed by atoms with van der Waals surface area (Å²) in [4.78, 5) is 31.5. The second-order valence-electron chi connectivity index (χ2n) is 6.94. The number of rotatable bonds is 2. The molecule has 130 valence electrons. The smallest absolute Gasteiger partial charge is 0.227 e. The summed E-state index contributed by atoms with van der Waals surface area (Å²) in [7, 11) is 0. The van der Waals surface area contributed by atoms with Crippen LogP contribution >= 0.6 is 0 Å². The Hall–Kier alpha value is -1.91. The quantitative estimate of drug-likeness (QED) is 0.906. The molecular formula is C19H27N3O2. The summed E-state index contributed by atoms with van der Waals surface area (Å²) in [6, 6.07) is 3.87. The van der Waals surface area contributed by atoms with Crippen molar-refractivity contribution in [2.75, 3.05) is 13.1 Å². The van der Waals surface area contributed by atoms with Gasteiger partial charge in [0.05, 0.1) is 12.3 Å². The normalized spacial score (nSPS) is 25.5. The molecule has 24 heavy (non-hydrogen) atoms. The van der Waals surface area contributed by atoms with Crippen LogP contribution in [0.15, 0.2) is 24.5 Å². The summed E-state index contributed by atoms with van der Waals surface area (Å²) in [5.74, 6) is 0.228. The lowest BCUT2D eigenvalue weighted by Crippen LogP contribution is -2.47. The number of carbonyl (C=O) groups excluding carboxylic acids is 2. The number of nitrogens with zero attached hydrogens (tertiary/aromatic N) is 2. The van der Waals surface area contributed by atoms with Crippen molar-refractivity contribution in [3.05, 3.63) is 30.1 Å². The van der Waals surface area contributed by atoms with Crippen LogP contribution in [0.5, 0.6) is 0 Å². The van der Waals surface area contributed by atoms with Crippen LogP contribution in [0.25, 0.3) is 0 Å². The molecule has 0 aromatic carbocycles. The highest BCUT2D eigenvalue weighted by Crippen LogP contribution is 2.31. The fourth-order valence-corrected chi connectivity index (χ4v) is 3.98. The van der Waals surface area contributed by atoms with Crippen LogP contribution in [-0.2, 0) is 16.0 Å². The van der Waals surface area contributed by atoms with Crippen molar-refractivity contribution >= 4 is 11.8 Å². The zero-order valence-corrected chi connectivity index (χ0v) is 14.2. The highest BCUT2D eigenvalue weighted by Gasteiger charge is 2.38. The number of hydrogen-bond donors (Lipinski definition) is 1. The maximum absolute atomic E-state index is 12.9. The molecular weight excluding hydrogens is 302 g/mol. The van der Waals surface area contributed by atoms with Crippen LogP contribution in [0.3, 0.4) is 0 Å². The SMILES string of the molecule is O=C1NCCCCCCN(C(=O)Cc2cccnc2)C2CCCC12. The van der Waals surface area contributed by atoms with Gasteiger partial charge in [-0.15, -0.1) is 0 Å². The van der Waals surface area contributed by atoms with Gasteiger partial charge in [-0.25, -0.2) is 0 Å². The van der Waals surface area contributed by atoms with Crippen LogP contribution in [0.1, 0.15) is 50.5 Å². The van der Waals surface area contributed by atoms with Crippen LogP contribution in [0.4, 0.5) is 0 Å². The monoisotopic (exact) mass is 329 g/mol. The van der Waals surface area contributed by atoms with E-state index in [9.17, 15) is 9.59 Å². The molecule has 2 fully saturated rings. The van der Waals surface area contributed by atoms with Gasteiger partial charge in [0, 0.05) is 31.5 Å². The average molecular weight is 329 g/mol. The number of nitrogens with one attached hydrogen (secondary N) is 1. The van der Waals surface area contributed by atoms with Crippen molar-refractivity contribution in [3.63, 3.8) is 0 Å². The standard InChI is InChI=1S/C19H27N3O2/c23-18(13-15-7-6-10-20-14-15)22-12-4-2-1-3-11-21-19(24)16-8-5-9-17(16)22/h6-7,10,14,16-17H,1-5,8-9,11-13H2,(H,21,24). The minimum absolute atomic E-state index is 0.0408. The minimum atomic E-state index is -0.0408. The second-order valence-corrected chi connectivity index (χ2v) is 6.94. The van der Waals surface area contributed by atoms with Crippen molar-refractivity contribution < 1.29 is 9.59 Å². The Bertz CT molecular complexity index is 561. The molecule has 1 aliphatic heterocycles. The molecule has 0 bridgehead atoms. The molecule has 1 aromatic heterocycles. The first-order valence-electron chi connectivity index (χ1n) is 9.22. The summed E-state index contributed by atoms with van der Waals surface area (Å²) in [5.41, 5.74) is 0.941. The molecule has 1 aliphatic carbocycles. The fourth-order valence-electron chi connectivity index (χ4n) is 3.98. The van der Waals surface area contributed by atoms with E-state index in [1.807, 2.05) is 17.0 Å². The van der Waals surface area contributed by atoms with Crippen LogP contribution in [0.2, 0.25) is 0 Å². The van der Waals surface area contributed by atoms with E-state index in [2.05, 4.69) is 10.3 Å². The second kappa shape index (κ2) is 8.27. The molecule has 1 aromatic rings. The van der Waals surface area contributed by atoms with E-state index < -0.39 is 0 Å². The Kier molecular flexibility index (Phi) is 5.83. The third-order valence-electron chi connectivity index (χ3n) is 5.24. The molecule has 5 heteroatoms. The molecule has 2 amide bonds. The maximum atomic E-state index is 12.9. The Morgan fingerprint density at radius 1 is 1.21 bits per heavy atom. The molecule has 1 N–H and O–H groups in total. The molecule has 2 heterocycles. The largest absolute Gasteiger partial charge is 0.356 e. The van der Waals surface area contributed by atoms with Gasteiger partial charge >= 0.3 is 0 Å². The van der Waals surface area contributed by atoms with Gasteiger partial charge in [0.15, 0.2) is 0 Å². The number of carbonyl (C=O) groups is 2. The van der Waals surface area contributed by atoms with E-state index in [0.717, 1.165) is 63.6 Å². The van der Waals surface area contributed by atoms with Gasteiger partial charge in [0.2, 0.25) is 11.8 Å². The van der Waals surface area contributed by atoms with E-state index in [-0.39, 0.29) is 23.8 Å². The molecule has 3 rings (SSSR count). The van der Waals surface area contributed by atoms with Gasteiger partial charge in [0.1, 0.15) is 0 Å². The summed E-state index contributed by atoms with van der Waals surface area (Å²) in [5, 5.41) is 3.07. The first-order chi connectivity index (χ1) is 11.8. The molecule has 1 saturated carbocycles. The van der Waals surface area contributed by atoms with E-state index in [1.54, 1.807) is 12.4 Å². The molecule has 1 saturated heterocycles. The summed E-state index contributed by atoms with van der Waals surface area (Å²) in [6.07, 6.45) is 11.0. The summed E-state index contributed by atoms with van der Waals surface area (Å²) < 4.78 is 0. The molecule has 0 spiro atoms. The predicted molar refractivity (Wildman–Crippen MR) is 92.3 cm³/mol. The number of amides is 2. The first kappa shape index (κ1) is 16.9. The Labute approximate surface area is 143 Å². The highest BCUT2D eigenvalue weighted by molar-refractivity contribution is 5.83. The molecule has 2 unspecified atom stereocenters. The molecule has 0 radical (unpaired) electrons. The van der Waals surface area contributed by atoms with Gasteiger partial charge in [-0.1, -0.05) is 25.3 Å². The van der Waals surface area contributed by atoms with E-state index in [1.165, 1.54) is 0 Å². The molecule has 2 aliphatic rings. The zero-order valence-electron chi connectivity index (χ0n) is 14.2. The molecule has 5 nitrogen and oxygen atoms in total. The van der Waals surface area contributed by atoms with Crippen molar-refractivity contribution in [2.24, 2.45) is 5.92 Å². The zero-order chi connectivity index (χ0) is 16.8. The number of hydrogen-bond acceptors (Lipinski definition) is 3. The van der Waals surface area contributed by atoms with Crippen LogP contribution < -0.4 is 5.32 Å². The van der Waals surface area contributed by atoms with Crippen molar-refractivity contribution in [1.29, 1.82) is 0 Å². The predicted octanol–water partition coefficient (Wildman–Crippen LogP) is 2.31. The van der Waals surface area contributed by atoms with E-state index >= 15 is 0 Å². The van der Waals surface area contributed by atoms with Crippen LogP contribution in [0, 0.1) is 5.92 Å². The third-order valence-corrected chi connectivity index (χ3v) is 5.24. The topological polar surface area (TPSA) is 62.3 Å². The van der Waals surface area contributed by atoms with Gasteiger partial charge < -0.3 is 10.2 Å². The van der Waals surface area contributed by atoms with Gasteiger partial charge in [-0.05, 0) is 37.3 Å². The highest BCUT2D eigenvalue weighted by atomic mass is 16.2. The first-order valence-corrected chi connectivity index (χ1v) is 9.22. The van der Waals surface area contributed by atoms with Crippen LogP contribution in [-0.4, -0.2) is 40.8 Å². The van der Waals surface area contributed by atoms with Gasteiger partial charge in [-0.2, -0.15) is 0 Å². The maximum Gasteiger partial charge on any atom is 0.227 e. The van der Waals surface area contributed by atoms with Crippen molar-refractivity contribution in [3.8, 4) is 0 Å². The summed E-state index contributed by atoms with van der Waals surface area (Å²) >= 11 is 0. The summed E-state index contributed by atoms with van der Waals surface area (Å²) in [6.45, 7) is 1.54. The third kappa shape index (κ3) is 4.13.